The summed E-state index contributed by atoms with van der Waals surface area (Å²) in [7, 11) is 0. The zero-order valence-electron chi connectivity index (χ0n) is 10.9. The van der Waals surface area contributed by atoms with E-state index in [0.717, 1.165) is 25.7 Å². The Morgan fingerprint density at radius 3 is 1.12 bits per heavy atom. The van der Waals surface area contributed by atoms with Gasteiger partial charge in [-0.15, -0.1) is 0 Å². The maximum atomic E-state index is 9.23. The first-order valence-electron chi connectivity index (χ1n) is 7.15. The summed E-state index contributed by atoms with van der Waals surface area (Å²) in [5.41, 5.74) is -0.686. The highest BCUT2D eigenvalue weighted by molar-refractivity contribution is 5.13. The van der Waals surface area contributed by atoms with Crippen molar-refractivity contribution in [1.82, 2.24) is 0 Å². The number of hydrogen-bond donors (Lipinski definition) is 0. The van der Waals surface area contributed by atoms with Gasteiger partial charge in [-0.05, 0) is 12.8 Å². The third kappa shape index (κ3) is 5.22. The molecule has 2 nitrogen and oxygen atoms in total. The Balaban J connectivity index is 2.48. The summed E-state index contributed by atoms with van der Waals surface area (Å²) in [6, 6.07) is 4.55. The van der Waals surface area contributed by atoms with Gasteiger partial charge in [0, 0.05) is 0 Å². The van der Waals surface area contributed by atoms with Crippen LogP contribution in [0.4, 0.5) is 0 Å². The number of nitriles is 2. The van der Waals surface area contributed by atoms with Crippen molar-refractivity contribution in [2.75, 3.05) is 0 Å². The zero-order valence-corrected chi connectivity index (χ0v) is 10.9. The van der Waals surface area contributed by atoms with Crippen molar-refractivity contribution in [2.24, 2.45) is 5.41 Å². The first-order valence-corrected chi connectivity index (χ1v) is 7.15. The van der Waals surface area contributed by atoms with Crippen molar-refractivity contribution < 1.29 is 0 Å². The van der Waals surface area contributed by atoms with Gasteiger partial charge in [-0.1, -0.05) is 64.2 Å². The van der Waals surface area contributed by atoms with Crippen molar-refractivity contribution in [3.05, 3.63) is 0 Å². The van der Waals surface area contributed by atoms with Crippen LogP contribution in [-0.2, 0) is 0 Å². The van der Waals surface area contributed by atoms with Gasteiger partial charge in [0.05, 0.1) is 12.1 Å². The Morgan fingerprint density at radius 1 is 0.529 bits per heavy atom. The maximum Gasteiger partial charge on any atom is 0.143 e. The van der Waals surface area contributed by atoms with E-state index in [-0.39, 0.29) is 0 Å². The molecule has 0 amide bonds. The fourth-order valence-corrected chi connectivity index (χ4v) is 2.64. The molecule has 1 rings (SSSR count). The summed E-state index contributed by atoms with van der Waals surface area (Å²) in [6.45, 7) is 0. The van der Waals surface area contributed by atoms with Gasteiger partial charge in [-0.2, -0.15) is 10.5 Å². The average molecular weight is 232 g/mol. The lowest BCUT2D eigenvalue weighted by molar-refractivity contribution is 0.396. The molecular formula is C15H24N2. The second-order valence-electron chi connectivity index (χ2n) is 5.34. The first kappa shape index (κ1) is 14.0. The third-order valence-corrected chi connectivity index (χ3v) is 3.89. The molecule has 0 aromatic carbocycles. The predicted octanol–water partition coefficient (Wildman–Crippen LogP) is 4.71. The van der Waals surface area contributed by atoms with E-state index in [9.17, 15) is 10.5 Å². The molecule has 0 spiro atoms. The summed E-state index contributed by atoms with van der Waals surface area (Å²) in [5, 5.41) is 18.5. The van der Waals surface area contributed by atoms with Gasteiger partial charge < -0.3 is 0 Å². The number of hydrogen-bond acceptors (Lipinski definition) is 2. The molecule has 0 atom stereocenters. The van der Waals surface area contributed by atoms with Crippen molar-refractivity contribution in [3.8, 4) is 12.1 Å². The average Bonchev–Trinajstić information content (AvgIpc) is 2.39. The van der Waals surface area contributed by atoms with Crippen LogP contribution in [0.5, 0.6) is 0 Å². The van der Waals surface area contributed by atoms with Gasteiger partial charge in [-0.3, -0.25) is 0 Å². The summed E-state index contributed by atoms with van der Waals surface area (Å²) < 4.78 is 0. The van der Waals surface area contributed by atoms with E-state index in [4.69, 9.17) is 0 Å². The lowest BCUT2D eigenvalue weighted by Crippen LogP contribution is -2.16. The number of rotatable bonds is 0. The van der Waals surface area contributed by atoms with Crippen molar-refractivity contribution >= 4 is 0 Å². The van der Waals surface area contributed by atoms with Crippen LogP contribution in [0.15, 0.2) is 0 Å². The Labute approximate surface area is 106 Å². The Bertz CT molecular complexity index is 252. The highest BCUT2D eigenvalue weighted by atomic mass is 14.4. The van der Waals surface area contributed by atoms with Gasteiger partial charge in [-0.25, -0.2) is 0 Å². The molecule has 2 heteroatoms. The normalized spacial score (nSPS) is 23.2. The van der Waals surface area contributed by atoms with E-state index >= 15 is 0 Å². The molecule has 0 bridgehead atoms. The molecule has 1 fully saturated rings. The van der Waals surface area contributed by atoms with Gasteiger partial charge in [0.25, 0.3) is 0 Å². The van der Waals surface area contributed by atoms with Crippen LogP contribution >= 0.6 is 0 Å². The number of nitrogens with zero attached hydrogens (tertiary/aromatic N) is 2. The van der Waals surface area contributed by atoms with Gasteiger partial charge in [0.1, 0.15) is 5.41 Å². The summed E-state index contributed by atoms with van der Waals surface area (Å²) in [5.74, 6) is 0. The highest BCUT2D eigenvalue weighted by Gasteiger charge is 2.28. The Kier molecular flexibility index (Phi) is 6.71. The molecule has 0 aliphatic heterocycles. The summed E-state index contributed by atoms with van der Waals surface area (Å²) >= 11 is 0. The largest absolute Gasteiger partial charge is 0.197 e. The fourth-order valence-electron chi connectivity index (χ4n) is 2.64. The van der Waals surface area contributed by atoms with Crippen LogP contribution in [0.1, 0.15) is 77.0 Å². The maximum absolute atomic E-state index is 9.23. The molecule has 94 valence electrons. The van der Waals surface area contributed by atoms with Crippen LogP contribution in [-0.4, -0.2) is 0 Å². The van der Waals surface area contributed by atoms with Gasteiger partial charge in [0.15, 0.2) is 0 Å². The lowest BCUT2D eigenvalue weighted by atomic mass is 9.80. The monoisotopic (exact) mass is 232 g/mol. The van der Waals surface area contributed by atoms with Gasteiger partial charge in [0.2, 0.25) is 0 Å². The second-order valence-corrected chi connectivity index (χ2v) is 5.34. The lowest BCUT2D eigenvalue weighted by Gasteiger charge is -2.17. The summed E-state index contributed by atoms with van der Waals surface area (Å²) in [6.07, 6.45) is 13.9. The van der Waals surface area contributed by atoms with E-state index in [2.05, 4.69) is 12.1 Å². The van der Waals surface area contributed by atoms with Gasteiger partial charge >= 0.3 is 0 Å². The van der Waals surface area contributed by atoms with Crippen LogP contribution in [0, 0.1) is 28.1 Å². The second kappa shape index (κ2) is 8.13. The van der Waals surface area contributed by atoms with Crippen molar-refractivity contribution in [2.45, 2.75) is 77.0 Å². The molecule has 0 N–H and O–H groups in total. The molecule has 0 aromatic rings. The molecule has 1 aliphatic rings. The molecule has 17 heavy (non-hydrogen) atoms. The van der Waals surface area contributed by atoms with Crippen LogP contribution in [0.2, 0.25) is 0 Å². The quantitative estimate of drug-likeness (QED) is 0.607. The Hall–Kier alpha value is -1.02. The van der Waals surface area contributed by atoms with Crippen LogP contribution in [0.25, 0.3) is 0 Å². The molecule has 1 aliphatic carbocycles. The van der Waals surface area contributed by atoms with Crippen LogP contribution < -0.4 is 0 Å². The molecule has 0 saturated heterocycles. The van der Waals surface area contributed by atoms with E-state index in [1.54, 1.807) is 0 Å². The minimum Gasteiger partial charge on any atom is -0.197 e. The predicted molar refractivity (Wildman–Crippen MR) is 69.1 cm³/mol. The Morgan fingerprint density at radius 2 is 0.824 bits per heavy atom. The third-order valence-electron chi connectivity index (χ3n) is 3.89. The van der Waals surface area contributed by atoms with E-state index in [1.165, 1.54) is 51.4 Å². The van der Waals surface area contributed by atoms with E-state index in [0.29, 0.717) is 0 Å². The van der Waals surface area contributed by atoms with Crippen LogP contribution in [0.3, 0.4) is 0 Å². The van der Waals surface area contributed by atoms with Crippen molar-refractivity contribution in [1.29, 1.82) is 10.5 Å². The first-order chi connectivity index (χ1) is 8.33. The molecule has 0 radical (unpaired) electrons. The SMILES string of the molecule is N#CC1(C#N)CCCCCCCCCCCC1. The van der Waals surface area contributed by atoms with E-state index < -0.39 is 5.41 Å². The smallest absolute Gasteiger partial charge is 0.143 e. The summed E-state index contributed by atoms with van der Waals surface area (Å²) in [4.78, 5) is 0. The molecular weight excluding hydrogens is 208 g/mol. The molecule has 0 heterocycles. The minimum absolute atomic E-state index is 0.686. The standard InChI is InChI=1S/C15H24N2/c16-13-15(14-17)11-9-7-5-3-1-2-4-6-8-10-12-15/h1-12H2. The zero-order chi connectivity index (χ0) is 12.4. The topological polar surface area (TPSA) is 47.6 Å². The molecule has 0 aromatic heterocycles. The highest BCUT2D eigenvalue weighted by Crippen LogP contribution is 2.31. The van der Waals surface area contributed by atoms with Crippen molar-refractivity contribution in [3.63, 3.8) is 0 Å². The fraction of sp³-hybridized carbons (Fsp3) is 0.867. The molecule has 1 saturated carbocycles. The molecule has 0 unspecified atom stereocenters. The minimum atomic E-state index is -0.686. The van der Waals surface area contributed by atoms with E-state index in [1.807, 2.05) is 0 Å².